The molecule has 0 fully saturated rings. The van der Waals surface area contributed by atoms with Crippen molar-refractivity contribution in [3.8, 4) is 0 Å². The van der Waals surface area contributed by atoms with Crippen molar-refractivity contribution < 1.29 is 14.8 Å². The smallest absolute Gasteiger partial charge is 0.303 e. The fourth-order valence-corrected chi connectivity index (χ4v) is 2.26. The van der Waals surface area contributed by atoms with Gasteiger partial charge in [-0.05, 0) is 47.6 Å². The highest BCUT2D eigenvalue weighted by molar-refractivity contribution is 14.1. The van der Waals surface area contributed by atoms with Gasteiger partial charge in [0.05, 0.1) is 4.92 Å². The summed E-state index contributed by atoms with van der Waals surface area (Å²) in [5.74, 6) is -0.766. The summed E-state index contributed by atoms with van der Waals surface area (Å²) in [7, 11) is 0. The van der Waals surface area contributed by atoms with Crippen LogP contribution in [-0.2, 0) is 4.79 Å². The molecule has 0 heterocycles. The Morgan fingerprint density at radius 1 is 1.30 bits per heavy atom. The molecule has 7 heteroatoms. The van der Waals surface area contributed by atoms with Gasteiger partial charge in [0.25, 0.3) is 5.69 Å². The van der Waals surface area contributed by atoms with Crippen molar-refractivity contribution in [2.75, 3.05) is 11.9 Å². The average Bonchev–Trinajstić information content (AvgIpc) is 2.38. The van der Waals surface area contributed by atoms with Crippen molar-refractivity contribution in [1.29, 1.82) is 0 Å². The second-order valence-corrected chi connectivity index (χ2v) is 5.65. The van der Waals surface area contributed by atoms with Gasteiger partial charge in [-0.25, -0.2) is 0 Å². The van der Waals surface area contributed by atoms with Crippen molar-refractivity contribution in [2.45, 2.75) is 32.1 Å². The SMILES string of the molecule is O=C(O)CCCCCCNc1ccc(I)cc1[N+](=O)[O-]. The number of halogens is 1. The topological polar surface area (TPSA) is 92.5 Å². The van der Waals surface area contributed by atoms with Crippen LogP contribution in [0.2, 0.25) is 0 Å². The van der Waals surface area contributed by atoms with E-state index in [1.165, 1.54) is 6.07 Å². The van der Waals surface area contributed by atoms with Gasteiger partial charge in [0, 0.05) is 22.6 Å². The minimum atomic E-state index is -0.766. The first-order valence-electron chi connectivity index (χ1n) is 6.40. The average molecular weight is 392 g/mol. The highest BCUT2D eigenvalue weighted by atomic mass is 127. The molecule has 0 aliphatic carbocycles. The number of unbranched alkanes of at least 4 members (excludes halogenated alkanes) is 3. The van der Waals surface area contributed by atoms with E-state index >= 15 is 0 Å². The third-order valence-corrected chi connectivity index (χ3v) is 3.46. The van der Waals surface area contributed by atoms with Gasteiger partial charge in [0.2, 0.25) is 0 Å². The van der Waals surface area contributed by atoms with Crippen LogP contribution < -0.4 is 5.32 Å². The highest BCUT2D eigenvalue weighted by Crippen LogP contribution is 2.26. The molecule has 0 unspecified atom stereocenters. The van der Waals surface area contributed by atoms with Crippen LogP contribution in [0.5, 0.6) is 0 Å². The van der Waals surface area contributed by atoms with Gasteiger partial charge in [-0.2, -0.15) is 0 Å². The molecule has 1 aromatic rings. The number of nitrogens with zero attached hydrogens (tertiary/aromatic N) is 1. The summed E-state index contributed by atoms with van der Waals surface area (Å²) in [6.45, 7) is 0.647. The molecule has 2 N–H and O–H groups in total. The van der Waals surface area contributed by atoms with Crippen LogP contribution in [0.3, 0.4) is 0 Å². The number of carboxylic acid groups (broad SMARTS) is 1. The molecule has 0 aromatic heterocycles. The standard InChI is InChI=1S/C13H17IN2O4/c14-10-6-7-11(12(9-10)16(19)20)15-8-4-2-1-3-5-13(17)18/h6-7,9,15H,1-5,8H2,(H,17,18). The maximum Gasteiger partial charge on any atom is 0.303 e. The van der Waals surface area contributed by atoms with Crippen molar-refractivity contribution >= 4 is 39.9 Å². The second kappa shape index (κ2) is 8.72. The fourth-order valence-electron chi connectivity index (χ4n) is 1.78. The Hall–Kier alpha value is -1.38. The molecule has 0 bridgehead atoms. The molecule has 20 heavy (non-hydrogen) atoms. The molecule has 0 aliphatic heterocycles. The quantitative estimate of drug-likeness (QED) is 0.290. The fraction of sp³-hybridized carbons (Fsp3) is 0.462. The van der Waals surface area contributed by atoms with Gasteiger partial charge < -0.3 is 10.4 Å². The summed E-state index contributed by atoms with van der Waals surface area (Å²) in [5.41, 5.74) is 0.615. The van der Waals surface area contributed by atoms with Crippen LogP contribution in [0, 0.1) is 13.7 Å². The molecule has 110 valence electrons. The zero-order valence-corrected chi connectivity index (χ0v) is 13.1. The molecular formula is C13H17IN2O4. The lowest BCUT2D eigenvalue weighted by Crippen LogP contribution is -2.04. The van der Waals surface area contributed by atoms with Crippen molar-refractivity contribution in [2.24, 2.45) is 0 Å². The molecule has 0 radical (unpaired) electrons. The Bertz CT molecular complexity index is 479. The third kappa shape index (κ3) is 6.18. The Morgan fingerprint density at radius 2 is 2.00 bits per heavy atom. The third-order valence-electron chi connectivity index (χ3n) is 2.79. The minimum Gasteiger partial charge on any atom is -0.481 e. The van der Waals surface area contributed by atoms with Crippen molar-refractivity contribution in [3.63, 3.8) is 0 Å². The van der Waals surface area contributed by atoms with E-state index in [1.54, 1.807) is 6.07 Å². The van der Waals surface area contributed by atoms with Gasteiger partial charge >= 0.3 is 5.97 Å². The summed E-state index contributed by atoms with van der Waals surface area (Å²) in [4.78, 5) is 20.9. The number of carboxylic acids is 1. The second-order valence-electron chi connectivity index (χ2n) is 4.40. The minimum absolute atomic E-state index is 0.0859. The predicted octanol–water partition coefficient (Wildman–Crippen LogP) is 3.65. The normalized spacial score (nSPS) is 10.2. The largest absolute Gasteiger partial charge is 0.481 e. The van der Waals surface area contributed by atoms with E-state index in [2.05, 4.69) is 5.32 Å². The summed E-state index contributed by atoms with van der Waals surface area (Å²) < 4.78 is 0.827. The van der Waals surface area contributed by atoms with Crippen LogP contribution >= 0.6 is 22.6 Å². The van der Waals surface area contributed by atoms with Gasteiger partial charge in [-0.15, -0.1) is 0 Å². The number of nitrogens with one attached hydrogen (secondary N) is 1. The van der Waals surface area contributed by atoms with Gasteiger partial charge in [-0.3, -0.25) is 14.9 Å². The Kier molecular flexibility index (Phi) is 7.27. The molecular weight excluding hydrogens is 375 g/mol. The monoisotopic (exact) mass is 392 g/mol. The van der Waals surface area contributed by atoms with Crippen LogP contribution in [-0.4, -0.2) is 22.5 Å². The van der Waals surface area contributed by atoms with E-state index in [0.717, 1.165) is 22.8 Å². The van der Waals surface area contributed by atoms with Crippen LogP contribution in [0.15, 0.2) is 18.2 Å². The van der Waals surface area contributed by atoms with E-state index in [4.69, 9.17) is 5.11 Å². The maximum atomic E-state index is 10.9. The van der Waals surface area contributed by atoms with Crippen LogP contribution in [0.25, 0.3) is 0 Å². The number of benzene rings is 1. The first-order valence-corrected chi connectivity index (χ1v) is 7.48. The predicted molar refractivity (Wildman–Crippen MR) is 85.0 cm³/mol. The Balaban J connectivity index is 2.32. The van der Waals surface area contributed by atoms with E-state index in [1.807, 2.05) is 28.7 Å². The lowest BCUT2D eigenvalue weighted by molar-refractivity contribution is -0.384. The van der Waals surface area contributed by atoms with E-state index in [0.29, 0.717) is 18.7 Å². The summed E-state index contributed by atoms with van der Waals surface area (Å²) in [6, 6.07) is 5.07. The summed E-state index contributed by atoms with van der Waals surface area (Å²) in [6.07, 6.45) is 3.53. The van der Waals surface area contributed by atoms with Gasteiger partial charge in [0.15, 0.2) is 0 Å². The number of anilines is 1. The Morgan fingerprint density at radius 3 is 2.65 bits per heavy atom. The molecule has 0 spiro atoms. The highest BCUT2D eigenvalue weighted by Gasteiger charge is 2.13. The molecule has 0 saturated heterocycles. The number of hydrogen-bond donors (Lipinski definition) is 2. The molecule has 1 rings (SSSR count). The number of hydrogen-bond acceptors (Lipinski definition) is 4. The zero-order valence-electron chi connectivity index (χ0n) is 11.0. The molecule has 6 nitrogen and oxygen atoms in total. The van der Waals surface area contributed by atoms with E-state index in [9.17, 15) is 14.9 Å². The Labute approximate surface area is 130 Å². The first-order chi connectivity index (χ1) is 9.50. The summed E-state index contributed by atoms with van der Waals surface area (Å²) >= 11 is 2.04. The van der Waals surface area contributed by atoms with Gasteiger partial charge in [0.1, 0.15) is 5.69 Å². The van der Waals surface area contributed by atoms with Crippen LogP contribution in [0.1, 0.15) is 32.1 Å². The molecule has 0 amide bonds. The molecule has 0 aliphatic rings. The van der Waals surface area contributed by atoms with E-state index in [-0.39, 0.29) is 12.1 Å². The molecule has 0 atom stereocenters. The number of rotatable bonds is 9. The maximum absolute atomic E-state index is 10.9. The molecule has 1 aromatic carbocycles. The number of aliphatic carboxylic acids is 1. The zero-order chi connectivity index (χ0) is 15.0. The molecule has 0 saturated carbocycles. The van der Waals surface area contributed by atoms with Gasteiger partial charge in [-0.1, -0.05) is 12.8 Å². The number of carbonyl (C=O) groups is 1. The van der Waals surface area contributed by atoms with Crippen molar-refractivity contribution in [1.82, 2.24) is 0 Å². The van der Waals surface area contributed by atoms with Crippen LogP contribution in [0.4, 0.5) is 11.4 Å². The summed E-state index contributed by atoms with van der Waals surface area (Å²) in [5, 5.41) is 22.5. The van der Waals surface area contributed by atoms with E-state index < -0.39 is 10.9 Å². The first kappa shape index (κ1) is 16.7. The number of nitro groups is 1. The lowest BCUT2D eigenvalue weighted by atomic mass is 10.1. The number of nitro benzene ring substituents is 1. The lowest BCUT2D eigenvalue weighted by Gasteiger charge is -2.07. The van der Waals surface area contributed by atoms with Crippen molar-refractivity contribution in [3.05, 3.63) is 31.9 Å².